The standard InChI is InChI=1S/C18H18Cl2N4O2/c1-9-14-15(22-21-9)16(10-3-5-11(19)6-4-10)24(18(14)26)12-7-13(20)17(25)23(2)8-12/h3-9,14-16,21-22H,1-2H3/t9?,14?,15?,16-/m1/s1. The zero-order valence-corrected chi connectivity index (χ0v) is 15.8. The Kier molecular flexibility index (Phi) is 4.31. The van der Waals surface area contributed by atoms with Gasteiger partial charge in [0.2, 0.25) is 5.91 Å². The molecule has 136 valence electrons. The van der Waals surface area contributed by atoms with Gasteiger partial charge < -0.3 is 9.47 Å². The Morgan fingerprint density at radius 3 is 2.42 bits per heavy atom. The van der Waals surface area contributed by atoms with Crippen molar-refractivity contribution in [1.29, 1.82) is 0 Å². The summed E-state index contributed by atoms with van der Waals surface area (Å²) in [6.07, 6.45) is 1.65. The van der Waals surface area contributed by atoms with Crippen molar-refractivity contribution in [2.45, 2.75) is 25.0 Å². The van der Waals surface area contributed by atoms with E-state index in [4.69, 9.17) is 23.2 Å². The van der Waals surface area contributed by atoms with E-state index >= 15 is 0 Å². The van der Waals surface area contributed by atoms with Crippen molar-refractivity contribution >= 4 is 34.8 Å². The molecule has 2 saturated heterocycles. The van der Waals surface area contributed by atoms with E-state index in [1.165, 1.54) is 4.57 Å². The van der Waals surface area contributed by atoms with Crippen LogP contribution >= 0.6 is 23.2 Å². The summed E-state index contributed by atoms with van der Waals surface area (Å²) in [5.41, 5.74) is 7.69. The number of fused-ring (bicyclic) bond motifs is 1. The highest BCUT2D eigenvalue weighted by atomic mass is 35.5. The molecule has 2 aliphatic heterocycles. The van der Waals surface area contributed by atoms with Gasteiger partial charge >= 0.3 is 0 Å². The number of hydrogen-bond acceptors (Lipinski definition) is 4. The molecule has 1 aromatic heterocycles. The number of nitrogens with one attached hydrogen (secondary N) is 2. The zero-order valence-electron chi connectivity index (χ0n) is 14.2. The predicted octanol–water partition coefficient (Wildman–Crippen LogP) is 2.26. The van der Waals surface area contributed by atoms with Gasteiger partial charge in [-0.2, -0.15) is 0 Å². The zero-order chi connectivity index (χ0) is 18.6. The van der Waals surface area contributed by atoms with Gasteiger partial charge in [-0.15, -0.1) is 0 Å². The second-order valence-corrected chi connectivity index (χ2v) is 7.64. The largest absolute Gasteiger partial charge is 0.315 e. The van der Waals surface area contributed by atoms with Gasteiger partial charge in [0.1, 0.15) is 5.02 Å². The van der Waals surface area contributed by atoms with E-state index in [1.807, 2.05) is 31.2 Å². The van der Waals surface area contributed by atoms with Crippen molar-refractivity contribution in [3.05, 3.63) is 62.5 Å². The van der Waals surface area contributed by atoms with Gasteiger partial charge in [-0.05, 0) is 30.7 Å². The van der Waals surface area contributed by atoms with Crippen molar-refractivity contribution in [3.8, 4) is 0 Å². The van der Waals surface area contributed by atoms with E-state index in [1.54, 1.807) is 24.2 Å². The van der Waals surface area contributed by atoms with Gasteiger partial charge in [0, 0.05) is 24.3 Å². The van der Waals surface area contributed by atoms with Gasteiger partial charge in [0.05, 0.1) is 23.7 Å². The molecule has 0 saturated carbocycles. The van der Waals surface area contributed by atoms with Gasteiger partial charge in [0.15, 0.2) is 0 Å². The third-order valence-electron chi connectivity index (χ3n) is 5.16. The summed E-state index contributed by atoms with van der Waals surface area (Å²) in [5, 5.41) is 0.723. The molecular weight excluding hydrogens is 375 g/mol. The Morgan fingerprint density at radius 2 is 1.77 bits per heavy atom. The van der Waals surface area contributed by atoms with Gasteiger partial charge in [-0.1, -0.05) is 35.3 Å². The van der Waals surface area contributed by atoms with E-state index in [0.717, 1.165) is 5.56 Å². The molecule has 0 aliphatic carbocycles. The normalized spacial score (nSPS) is 27.8. The molecule has 1 aromatic carbocycles. The van der Waals surface area contributed by atoms with Crippen LogP contribution in [-0.2, 0) is 11.8 Å². The fourth-order valence-corrected chi connectivity index (χ4v) is 4.28. The van der Waals surface area contributed by atoms with Gasteiger partial charge in [-0.3, -0.25) is 20.4 Å². The second-order valence-electron chi connectivity index (χ2n) is 6.80. The molecular formula is C18H18Cl2N4O2. The van der Waals surface area contributed by atoms with Crippen molar-refractivity contribution in [2.75, 3.05) is 4.90 Å². The fourth-order valence-electron chi connectivity index (χ4n) is 3.91. The molecule has 2 aromatic rings. The van der Waals surface area contributed by atoms with Crippen molar-refractivity contribution < 1.29 is 4.79 Å². The van der Waals surface area contributed by atoms with Gasteiger partial charge in [-0.25, -0.2) is 0 Å². The first-order chi connectivity index (χ1) is 12.4. The van der Waals surface area contributed by atoms with Gasteiger partial charge in [0.25, 0.3) is 5.56 Å². The predicted molar refractivity (Wildman–Crippen MR) is 101 cm³/mol. The second kappa shape index (κ2) is 6.39. The molecule has 3 unspecified atom stereocenters. The van der Waals surface area contributed by atoms with Crippen LogP contribution in [0.1, 0.15) is 18.5 Å². The molecule has 2 N–H and O–H groups in total. The molecule has 26 heavy (non-hydrogen) atoms. The van der Waals surface area contributed by atoms with E-state index < -0.39 is 0 Å². The highest BCUT2D eigenvalue weighted by Crippen LogP contribution is 2.43. The van der Waals surface area contributed by atoms with Crippen LogP contribution in [0.3, 0.4) is 0 Å². The lowest BCUT2D eigenvalue weighted by Crippen LogP contribution is -2.41. The van der Waals surface area contributed by atoms with Crippen LogP contribution in [0.5, 0.6) is 0 Å². The molecule has 4 atom stereocenters. The van der Waals surface area contributed by atoms with E-state index in [9.17, 15) is 9.59 Å². The van der Waals surface area contributed by atoms with Crippen LogP contribution in [0.15, 0.2) is 41.3 Å². The van der Waals surface area contributed by atoms with Crippen LogP contribution < -0.4 is 21.3 Å². The molecule has 0 radical (unpaired) electrons. The number of aryl methyl sites for hydroxylation is 1. The minimum absolute atomic E-state index is 0.00435. The molecule has 3 heterocycles. The topological polar surface area (TPSA) is 66.4 Å². The molecule has 8 heteroatoms. The lowest BCUT2D eigenvalue weighted by molar-refractivity contribution is -0.120. The number of benzene rings is 1. The molecule has 4 rings (SSSR count). The first-order valence-electron chi connectivity index (χ1n) is 8.34. The minimum Gasteiger partial charge on any atom is -0.315 e. The Bertz CT molecular complexity index is 902. The third kappa shape index (κ3) is 2.65. The number of aromatic nitrogens is 1. The minimum atomic E-state index is -0.293. The molecule has 2 fully saturated rings. The van der Waals surface area contributed by atoms with Crippen molar-refractivity contribution in [1.82, 2.24) is 15.4 Å². The number of halogens is 2. The maximum atomic E-state index is 13.2. The molecule has 0 bridgehead atoms. The molecule has 2 aliphatic rings. The summed E-state index contributed by atoms with van der Waals surface area (Å²) in [5.74, 6) is -0.221. The molecule has 0 spiro atoms. The third-order valence-corrected chi connectivity index (χ3v) is 5.68. The van der Waals surface area contributed by atoms with Crippen LogP contribution in [0.2, 0.25) is 10.0 Å². The molecule has 1 amide bonds. The average molecular weight is 393 g/mol. The monoisotopic (exact) mass is 392 g/mol. The summed E-state index contributed by atoms with van der Waals surface area (Å²) in [6, 6.07) is 8.68. The summed E-state index contributed by atoms with van der Waals surface area (Å²) in [4.78, 5) is 26.9. The fraction of sp³-hybridized carbons (Fsp3) is 0.333. The molecule has 6 nitrogen and oxygen atoms in total. The summed E-state index contributed by atoms with van der Waals surface area (Å²) >= 11 is 12.1. The maximum Gasteiger partial charge on any atom is 0.269 e. The number of amides is 1. The Labute approximate surface area is 160 Å². The van der Waals surface area contributed by atoms with Crippen molar-refractivity contribution in [2.24, 2.45) is 13.0 Å². The van der Waals surface area contributed by atoms with Crippen LogP contribution in [0, 0.1) is 5.92 Å². The van der Waals surface area contributed by atoms with Crippen LogP contribution in [0.25, 0.3) is 0 Å². The number of hydrogen-bond donors (Lipinski definition) is 2. The number of anilines is 1. The summed E-state index contributed by atoms with van der Waals surface area (Å²) < 4.78 is 1.40. The van der Waals surface area contributed by atoms with Crippen LogP contribution in [0.4, 0.5) is 5.69 Å². The summed E-state index contributed by atoms with van der Waals surface area (Å²) in [6.45, 7) is 1.98. The summed E-state index contributed by atoms with van der Waals surface area (Å²) in [7, 11) is 1.62. The Hall–Kier alpha value is -1.86. The highest BCUT2D eigenvalue weighted by molar-refractivity contribution is 6.31. The number of hydrazine groups is 1. The van der Waals surface area contributed by atoms with Crippen LogP contribution in [-0.4, -0.2) is 22.6 Å². The smallest absolute Gasteiger partial charge is 0.269 e. The maximum absolute atomic E-state index is 13.2. The van der Waals surface area contributed by atoms with E-state index in [-0.39, 0.29) is 40.5 Å². The highest BCUT2D eigenvalue weighted by Gasteiger charge is 2.54. The van der Waals surface area contributed by atoms with E-state index in [2.05, 4.69) is 10.9 Å². The Morgan fingerprint density at radius 1 is 1.08 bits per heavy atom. The number of carbonyl (C=O) groups is 1. The lowest BCUT2D eigenvalue weighted by atomic mass is 9.92. The quantitative estimate of drug-likeness (QED) is 0.822. The first-order valence-corrected chi connectivity index (χ1v) is 9.10. The number of pyridine rings is 1. The Balaban J connectivity index is 1.86. The van der Waals surface area contributed by atoms with Crippen molar-refractivity contribution in [3.63, 3.8) is 0 Å². The SMILES string of the molecule is CC1NNC2C1C(=O)N(c1cc(Cl)c(=O)n(C)c1)[C@@H]2c1ccc(Cl)cc1. The average Bonchev–Trinajstić information content (AvgIpc) is 3.12. The number of carbonyl (C=O) groups excluding carboxylic acids is 1. The number of rotatable bonds is 2. The lowest BCUT2D eigenvalue weighted by Gasteiger charge is -2.29. The first kappa shape index (κ1) is 17.5. The van der Waals surface area contributed by atoms with E-state index in [0.29, 0.717) is 10.7 Å². The number of nitrogens with zero attached hydrogens (tertiary/aromatic N) is 2.